The van der Waals surface area contributed by atoms with Gasteiger partial charge in [-0.15, -0.1) is 0 Å². The fraction of sp³-hybridized carbons (Fsp3) is 0.609. The van der Waals surface area contributed by atoms with Gasteiger partial charge in [0.05, 0.1) is 31.0 Å². The van der Waals surface area contributed by atoms with Crippen molar-refractivity contribution in [1.82, 2.24) is 16.0 Å². The Hall–Kier alpha value is -0.620. The summed E-state index contributed by atoms with van der Waals surface area (Å²) in [4.78, 5) is 36.5. The van der Waals surface area contributed by atoms with Crippen LogP contribution in [0.15, 0.2) is 0 Å². The zero-order valence-corrected chi connectivity index (χ0v) is 28.3. The molecule has 0 radical (unpaired) electrons. The van der Waals surface area contributed by atoms with Crippen LogP contribution in [-0.2, 0) is 4.79 Å². The molecule has 2 amide bonds. The Morgan fingerprint density at radius 3 is 1.59 bits per heavy atom. The number of aliphatic carboxylic acids is 1. The molecule has 5 unspecified atom stereocenters. The zero-order chi connectivity index (χ0) is 30.4. The number of carbonyl (C=O) groups is 3. The molecule has 1 aromatic rings. The summed E-state index contributed by atoms with van der Waals surface area (Å²) < 4.78 is 7.17. The highest BCUT2D eigenvalue weighted by atomic mass is 127. The summed E-state index contributed by atoms with van der Waals surface area (Å²) in [5, 5.41) is 62.2. The zero-order valence-electron chi connectivity index (χ0n) is 21.9. The molecule has 0 aliphatic rings. The number of aliphatic hydroxyl groups is 5. The molecular formula is C23H36I3N3O10. The second-order valence-corrected chi connectivity index (χ2v) is 11.2. The fourth-order valence-corrected chi connectivity index (χ4v) is 7.39. The number of benzene rings is 1. The van der Waals surface area contributed by atoms with Crippen molar-refractivity contribution in [2.24, 2.45) is 0 Å². The van der Waals surface area contributed by atoms with Crippen molar-refractivity contribution in [3.8, 4) is 5.75 Å². The molecule has 0 aliphatic heterocycles. The lowest BCUT2D eigenvalue weighted by atomic mass is 10.0. The van der Waals surface area contributed by atoms with E-state index in [0.29, 0.717) is 34.9 Å². The number of nitrogens with one attached hydrogen (secondary N) is 3. The van der Waals surface area contributed by atoms with Crippen molar-refractivity contribution >= 4 is 85.6 Å². The van der Waals surface area contributed by atoms with Gasteiger partial charge in [-0.3, -0.25) is 9.59 Å². The second kappa shape index (κ2) is 19.5. The quantitative estimate of drug-likeness (QED) is 0.112. The molecule has 0 saturated carbocycles. The normalized spacial score (nSPS) is 14.7. The Morgan fingerprint density at radius 1 is 0.821 bits per heavy atom. The number of halogens is 3. The van der Waals surface area contributed by atoms with E-state index in [4.69, 9.17) is 25.2 Å². The SMILES string of the molecule is CCNC(=O)c1c(I)c(OC(CC)C(=O)O)c(I)c(C(=O)NCC)c1I.CNCC(O)C(O)C(O)C(O)CO. The van der Waals surface area contributed by atoms with Gasteiger partial charge in [-0.2, -0.15) is 0 Å². The van der Waals surface area contributed by atoms with Gasteiger partial charge < -0.3 is 51.3 Å². The van der Waals surface area contributed by atoms with Gasteiger partial charge in [0.1, 0.15) is 24.1 Å². The molecular weight excluding hydrogens is 859 g/mol. The van der Waals surface area contributed by atoms with Crippen LogP contribution < -0.4 is 20.7 Å². The topological polar surface area (TPSA) is 218 Å². The number of hydrogen-bond acceptors (Lipinski definition) is 10. The summed E-state index contributed by atoms with van der Waals surface area (Å²) in [6.45, 7) is 5.57. The number of carboxylic acids is 1. The van der Waals surface area contributed by atoms with E-state index in [-0.39, 0.29) is 30.5 Å². The Bertz CT molecular complexity index is 925. The molecule has 0 spiro atoms. The molecule has 0 aromatic heterocycles. The highest BCUT2D eigenvalue weighted by molar-refractivity contribution is 14.1. The fourth-order valence-electron chi connectivity index (χ4n) is 2.98. The predicted octanol–water partition coefficient (Wildman–Crippen LogP) is -0.116. The van der Waals surface area contributed by atoms with Crippen LogP contribution in [0.4, 0.5) is 0 Å². The Labute approximate surface area is 267 Å². The first-order chi connectivity index (χ1) is 18.2. The maximum absolute atomic E-state index is 12.5. The van der Waals surface area contributed by atoms with Crippen LogP contribution in [0.2, 0.25) is 0 Å². The molecule has 9 N–H and O–H groups in total. The molecule has 1 rings (SSSR count). The van der Waals surface area contributed by atoms with Gasteiger partial charge in [0.2, 0.25) is 0 Å². The number of hydrogen-bond donors (Lipinski definition) is 9. The Balaban J connectivity index is 0.000000935. The molecule has 5 atom stereocenters. The number of carbonyl (C=O) groups excluding carboxylic acids is 2. The van der Waals surface area contributed by atoms with Crippen LogP contribution in [0.25, 0.3) is 0 Å². The lowest BCUT2D eigenvalue weighted by Gasteiger charge is -2.25. The maximum Gasteiger partial charge on any atom is 0.344 e. The Morgan fingerprint density at radius 2 is 1.26 bits per heavy atom. The molecule has 0 saturated heterocycles. The molecule has 16 heteroatoms. The van der Waals surface area contributed by atoms with E-state index < -0.39 is 43.1 Å². The van der Waals surface area contributed by atoms with Crippen LogP contribution in [0, 0.1) is 10.7 Å². The largest absolute Gasteiger partial charge is 0.479 e. The van der Waals surface area contributed by atoms with Gasteiger partial charge >= 0.3 is 5.97 Å². The maximum atomic E-state index is 12.5. The van der Waals surface area contributed by atoms with Gasteiger partial charge in [0.15, 0.2) is 6.10 Å². The molecule has 0 bridgehead atoms. The van der Waals surface area contributed by atoms with Crippen molar-refractivity contribution in [1.29, 1.82) is 0 Å². The summed E-state index contributed by atoms with van der Waals surface area (Å²) in [5.41, 5.74) is 0.620. The molecule has 1 aromatic carbocycles. The third-order valence-corrected chi connectivity index (χ3v) is 8.19. The minimum absolute atomic E-state index is 0.0936. The first-order valence-corrected chi connectivity index (χ1v) is 15.1. The monoisotopic (exact) mass is 895 g/mol. The molecule has 224 valence electrons. The van der Waals surface area contributed by atoms with Crippen LogP contribution in [0.5, 0.6) is 5.75 Å². The highest BCUT2D eigenvalue weighted by Crippen LogP contribution is 2.38. The summed E-state index contributed by atoms with van der Waals surface area (Å²) >= 11 is 5.90. The number of amides is 2. The molecule has 13 nitrogen and oxygen atoms in total. The van der Waals surface area contributed by atoms with Gasteiger partial charge in [-0.25, -0.2) is 4.79 Å². The van der Waals surface area contributed by atoms with Crippen LogP contribution >= 0.6 is 67.8 Å². The van der Waals surface area contributed by atoms with Gasteiger partial charge in [0.25, 0.3) is 11.8 Å². The minimum Gasteiger partial charge on any atom is -0.479 e. The lowest BCUT2D eigenvalue weighted by molar-refractivity contribution is -0.145. The van der Waals surface area contributed by atoms with E-state index >= 15 is 0 Å². The van der Waals surface area contributed by atoms with Gasteiger partial charge in [-0.1, -0.05) is 6.92 Å². The van der Waals surface area contributed by atoms with E-state index in [1.165, 1.54) is 0 Å². The number of aliphatic hydroxyl groups excluding tert-OH is 5. The summed E-state index contributed by atoms with van der Waals surface area (Å²) in [7, 11) is 1.57. The average molecular weight is 895 g/mol. The van der Waals surface area contributed by atoms with Crippen LogP contribution in [-0.4, -0.2) is 112 Å². The van der Waals surface area contributed by atoms with Crippen molar-refractivity contribution in [3.05, 3.63) is 21.8 Å². The third kappa shape index (κ3) is 11.3. The number of ether oxygens (including phenoxy) is 1. The van der Waals surface area contributed by atoms with Crippen molar-refractivity contribution < 1.29 is 49.8 Å². The first-order valence-electron chi connectivity index (χ1n) is 11.9. The number of rotatable bonds is 14. The summed E-state index contributed by atoms with van der Waals surface area (Å²) in [6, 6.07) is 0. The molecule has 39 heavy (non-hydrogen) atoms. The van der Waals surface area contributed by atoms with Crippen molar-refractivity contribution in [2.75, 3.05) is 33.3 Å². The molecule has 0 heterocycles. The van der Waals surface area contributed by atoms with Crippen molar-refractivity contribution in [3.63, 3.8) is 0 Å². The lowest BCUT2D eigenvalue weighted by Crippen LogP contribution is -2.48. The smallest absolute Gasteiger partial charge is 0.344 e. The number of carboxylic acid groups (broad SMARTS) is 1. The second-order valence-electron chi connectivity index (χ2n) is 7.95. The Kier molecular flexibility index (Phi) is 19.2. The standard InChI is InChI=1S/C16H19I3N2O5.C7H17NO5/c1-4-7(16(24)25)26-13-11(18)8(14(22)20-5-2)10(17)9(12(13)19)15(23)21-6-3;1-8-2-4(10)6(12)7(13)5(11)3-9/h7H,4-6H2,1-3H3,(H,20,22)(H,21,23)(H,24,25);4-13H,2-3H2,1H3. The van der Waals surface area contributed by atoms with E-state index in [1.807, 2.05) is 67.8 Å². The van der Waals surface area contributed by atoms with Crippen LogP contribution in [0.3, 0.4) is 0 Å². The van der Waals surface area contributed by atoms with Crippen LogP contribution in [0.1, 0.15) is 47.9 Å². The number of likely N-dealkylation sites (N-methyl/N-ethyl adjacent to an activating group) is 1. The minimum atomic E-state index is -1.55. The van der Waals surface area contributed by atoms with E-state index in [1.54, 1.807) is 27.8 Å². The molecule has 0 fully saturated rings. The van der Waals surface area contributed by atoms with Gasteiger partial charge in [0, 0.05) is 23.2 Å². The predicted molar refractivity (Wildman–Crippen MR) is 168 cm³/mol. The summed E-state index contributed by atoms with van der Waals surface area (Å²) in [6.07, 6.45) is -6.47. The third-order valence-electron chi connectivity index (χ3n) is 5.05. The summed E-state index contributed by atoms with van der Waals surface area (Å²) in [5.74, 6) is -1.53. The highest BCUT2D eigenvalue weighted by Gasteiger charge is 2.31. The van der Waals surface area contributed by atoms with E-state index in [2.05, 4.69) is 16.0 Å². The first kappa shape index (κ1) is 38.4. The molecule has 0 aliphatic carbocycles. The van der Waals surface area contributed by atoms with Gasteiger partial charge in [-0.05, 0) is 95.1 Å². The van der Waals surface area contributed by atoms with E-state index in [9.17, 15) is 24.6 Å². The van der Waals surface area contributed by atoms with Crippen molar-refractivity contribution in [2.45, 2.75) is 57.7 Å². The van der Waals surface area contributed by atoms with E-state index in [0.717, 1.165) is 0 Å². The average Bonchev–Trinajstić information content (AvgIpc) is 2.88.